The van der Waals surface area contributed by atoms with Gasteiger partial charge in [0, 0.05) is 30.1 Å². The fourth-order valence-electron chi connectivity index (χ4n) is 7.26. The number of aliphatic hydroxyl groups excluding tert-OH is 1. The maximum absolute atomic E-state index is 13.3. The molecule has 0 radical (unpaired) electrons. The molecule has 2 unspecified atom stereocenters. The fourth-order valence-corrected chi connectivity index (χ4v) is 8.03. The van der Waals surface area contributed by atoms with Gasteiger partial charge in [0.2, 0.25) is 0 Å². The van der Waals surface area contributed by atoms with E-state index in [-0.39, 0.29) is 34.8 Å². The topological polar surface area (TPSA) is 92.9 Å². The minimum atomic E-state index is -0.938. The van der Waals surface area contributed by atoms with E-state index in [9.17, 15) is 14.7 Å². The molecule has 3 rings (SSSR count). The molecule has 3 N–H and O–H groups in total. The first-order chi connectivity index (χ1) is 16.0. The van der Waals surface area contributed by atoms with Crippen LogP contribution in [0.4, 0.5) is 0 Å². The molecule has 194 valence electrons. The summed E-state index contributed by atoms with van der Waals surface area (Å²) in [4.78, 5) is 28.7. The number of carbonyl (C=O) groups excluding carboxylic acids is 2. The molecule has 6 nitrogen and oxygen atoms in total. The molecule has 7 heteroatoms. The highest BCUT2D eigenvalue weighted by atomic mass is 32.2. The van der Waals surface area contributed by atoms with Gasteiger partial charge in [-0.25, -0.2) is 0 Å². The van der Waals surface area contributed by atoms with E-state index in [0.717, 1.165) is 44.6 Å². The second kappa shape index (κ2) is 10.6. The molecule has 0 aromatic carbocycles. The highest BCUT2D eigenvalue weighted by Crippen LogP contribution is 2.64. The highest BCUT2D eigenvalue weighted by molar-refractivity contribution is 7.99. The second-order valence-corrected chi connectivity index (χ2v) is 12.4. The molecular weight excluding hydrogens is 448 g/mol. The van der Waals surface area contributed by atoms with Gasteiger partial charge in [0.25, 0.3) is 0 Å². The quantitative estimate of drug-likeness (QED) is 0.287. The average Bonchev–Trinajstić information content (AvgIpc) is 3.17. The van der Waals surface area contributed by atoms with Crippen LogP contribution in [-0.2, 0) is 14.3 Å². The van der Waals surface area contributed by atoms with Crippen molar-refractivity contribution in [2.75, 3.05) is 31.1 Å². The molecule has 0 aromatic heterocycles. The maximum Gasteiger partial charge on any atom is 0.316 e. The smallest absolute Gasteiger partial charge is 0.316 e. The largest absolute Gasteiger partial charge is 0.460 e. The van der Waals surface area contributed by atoms with E-state index < -0.39 is 29.1 Å². The number of carbonyl (C=O) groups is 2. The number of aliphatic hydroxyl groups is 1. The summed E-state index contributed by atoms with van der Waals surface area (Å²) >= 11 is 1.57. The Morgan fingerprint density at radius 1 is 1.32 bits per heavy atom. The van der Waals surface area contributed by atoms with Crippen molar-refractivity contribution in [3.05, 3.63) is 12.7 Å². The molecule has 0 saturated heterocycles. The number of nitrogens with two attached hydrogens (primary N) is 1. The maximum atomic E-state index is 13.3. The zero-order valence-corrected chi connectivity index (χ0v) is 22.7. The van der Waals surface area contributed by atoms with Crippen LogP contribution in [0, 0.1) is 28.6 Å². The lowest BCUT2D eigenvalue weighted by Crippen LogP contribution is -2.72. The number of ketones is 1. The van der Waals surface area contributed by atoms with Gasteiger partial charge < -0.3 is 20.5 Å². The minimum Gasteiger partial charge on any atom is -0.460 e. The Balaban J connectivity index is 1.88. The van der Waals surface area contributed by atoms with Gasteiger partial charge in [-0.3, -0.25) is 9.59 Å². The van der Waals surface area contributed by atoms with Crippen LogP contribution < -0.4 is 5.73 Å². The Morgan fingerprint density at radius 2 is 2.00 bits per heavy atom. The third kappa shape index (κ3) is 4.62. The predicted molar refractivity (Wildman–Crippen MR) is 139 cm³/mol. The molecule has 0 heterocycles. The van der Waals surface area contributed by atoms with Gasteiger partial charge >= 0.3 is 5.97 Å². The molecule has 0 aromatic rings. The van der Waals surface area contributed by atoms with E-state index in [1.54, 1.807) is 17.8 Å². The van der Waals surface area contributed by atoms with Crippen molar-refractivity contribution < 1.29 is 19.4 Å². The van der Waals surface area contributed by atoms with Crippen LogP contribution >= 0.6 is 11.8 Å². The van der Waals surface area contributed by atoms with Crippen LogP contribution in [0.5, 0.6) is 0 Å². The molecule has 0 spiro atoms. The Kier molecular flexibility index (Phi) is 8.65. The molecule has 8 atom stereocenters. The Hall–Kier alpha value is -0.890. The molecule has 3 aliphatic carbocycles. The third-order valence-electron chi connectivity index (χ3n) is 9.78. The summed E-state index contributed by atoms with van der Waals surface area (Å²) in [6.45, 7) is 17.4. The van der Waals surface area contributed by atoms with Crippen molar-refractivity contribution >= 4 is 23.5 Å². The van der Waals surface area contributed by atoms with Crippen molar-refractivity contribution in [1.82, 2.24) is 4.90 Å². The van der Waals surface area contributed by atoms with Crippen LogP contribution in [0.25, 0.3) is 0 Å². The first kappa shape index (κ1) is 27.7. The lowest BCUT2D eigenvalue weighted by Gasteiger charge is -2.61. The van der Waals surface area contributed by atoms with Crippen LogP contribution in [0.15, 0.2) is 12.7 Å². The summed E-state index contributed by atoms with van der Waals surface area (Å²) in [6, 6.07) is 0. The van der Waals surface area contributed by atoms with Gasteiger partial charge in [0.15, 0.2) is 0 Å². The van der Waals surface area contributed by atoms with Crippen LogP contribution in [-0.4, -0.2) is 70.6 Å². The van der Waals surface area contributed by atoms with Crippen molar-refractivity contribution in [2.24, 2.45) is 34.3 Å². The van der Waals surface area contributed by atoms with Crippen LogP contribution in [0.3, 0.4) is 0 Å². The SMILES string of the molecule is C=C[C@]1(C)C[C@@H](OC(=O)CSCCN(CC)CC)[C@]2(N)C(C)CC[C@]3(CCC(=O)C32)[C@@H](C)[C@@H]1O. The van der Waals surface area contributed by atoms with Gasteiger partial charge in [0.1, 0.15) is 11.9 Å². The molecule has 0 aliphatic heterocycles. The Bertz CT molecular complexity index is 774. The van der Waals surface area contributed by atoms with E-state index >= 15 is 0 Å². The molecule has 3 fully saturated rings. The number of nitrogens with zero attached hydrogens (tertiary/aromatic N) is 1. The summed E-state index contributed by atoms with van der Waals surface area (Å²) in [6.07, 6.45) is 3.82. The highest BCUT2D eigenvalue weighted by Gasteiger charge is 2.68. The van der Waals surface area contributed by atoms with Gasteiger partial charge in [-0.1, -0.05) is 40.7 Å². The van der Waals surface area contributed by atoms with E-state index in [4.69, 9.17) is 10.5 Å². The summed E-state index contributed by atoms with van der Waals surface area (Å²) < 4.78 is 6.17. The predicted octanol–water partition coefficient (Wildman–Crippen LogP) is 3.66. The molecule has 2 bridgehead atoms. The average molecular weight is 495 g/mol. The van der Waals surface area contributed by atoms with E-state index in [1.807, 2.05) is 6.92 Å². The lowest BCUT2D eigenvalue weighted by atomic mass is 9.46. The number of ether oxygens (including phenoxy) is 1. The number of esters is 1. The zero-order chi connectivity index (χ0) is 25.3. The molecular formula is C27H46N2O4S. The van der Waals surface area contributed by atoms with E-state index in [1.165, 1.54) is 0 Å². The lowest BCUT2D eigenvalue weighted by molar-refractivity contribution is -0.185. The van der Waals surface area contributed by atoms with Crippen molar-refractivity contribution in [2.45, 2.75) is 84.5 Å². The number of rotatable bonds is 9. The van der Waals surface area contributed by atoms with Crippen molar-refractivity contribution in [3.8, 4) is 0 Å². The minimum absolute atomic E-state index is 0.0392. The second-order valence-electron chi connectivity index (χ2n) is 11.3. The number of Topliss-reactive ketones (excluding diaryl/α,β-unsaturated/α-hetero) is 1. The van der Waals surface area contributed by atoms with Gasteiger partial charge in [-0.2, -0.15) is 0 Å². The molecule has 34 heavy (non-hydrogen) atoms. The molecule has 3 saturated carbocycles. The van der Waals surface area contributed by atoms with Crippen LogP contribution in [0.1, 0.15) is 66.7 Å². The first-order valence-corrected chi connectivity index (χ1v) is 14.3. The summed E-state index contributed by atoms with van der Waals surface area (Å²) in [5, 5.41) is 11.5. The fraction of sp³-hybridized carbons (Fsp3) is 0.852. The van der Waals surface area contributed by atoms with Gasteiger partial charge in [0.05, 0.1) is 17.4 Å². The Morgan fingerprint density at radius 3 is 2.62 bits per heavy atom. The number of hydrogen-bond donors (Lipinski definition) is 2. The zero-order valence-electron chi connectivity index (χ0n) is 21.8. The van der Waals surface area contributed by atoms with Crippen LogP contribution in [0.2, 0.25) is 0 Å². The number of hydrogen-bond acceptors (Lipinski definition) is 7. The standard InChI is InChI=1S/C27H46N2O4S/c1-7-25(6)16-21(33-22(31)17-34-15-14-29(8-2)9-3)27(28)18(4)10-12-26(19(5)24(25)32)13-11-20(30)23(26)27/h7,18-19,21,23-24,32H,1,8-17,28H2,2-6H3/t18?,19-,21+,23?,24-,25+,26-,27+/m0/s1. The number of thioether (sulfide) groups is 1. The molecule has 0 amide bonds. The van der Waals surface area contributed by atoms with Crippen molar-refractivity contribution in [1.29, 1.82) is 0 Å². The van der Waals surface area contributed by atoms with E-state index in [2.05, 4.69) is 39.2 Å². The van der Waals surface area contributed by atoms with Gasteiger partial charge in [-0.15, -0.1) is 18.3 Å². The monoisotopic (exact) mass is 494 g/mol. The molecule has 3 aliphatic rings. The third-order valence-corrected chi connectivity index (χ3v) is 10.7. The first-order valence-electron chi connectivity index (χ1n) is 13.1. The summed E-state index contributed by atoms with van der Waals surface area (Å²) in [7, 11) is 0. The summed E-state index contributed by atoms with van der Waals surface area (Å²) in [5.74, 6) is 0.558. The summed E-state index contributed by atoms with van der Waals surface area (Å²) in [5.41, 5.74) is 5.31. The van der Waals surface area contributed by atoms with E-state index in [0.29, 0.717) is 12.8 Å². The normalized spacial score (nSPS) is 42.1. The van der Waals surface area contributed by atoms with Crippen molar-refractivity contribution in [3.63, 3.8) is 0 Å². The Labute approximate surface area is 210 Å². The van der Waals surface area contributed by atoms with Gasteiger partial charge in [-0.05, 0) is 56.0 Å².